The minimum absolute atomic E-state index is 0.456. The Hall–Kier alpha value is -2.03. The van der Waals surface area contributed by atoms with Gasteiger partial charge in [0.05, 0.1) is 5.69 Å². The van der Waals surface area contributed by atoms with Crippen LogP contribution in [0.3, 0.4) is 0 Å². The lowest BCUT2D eigenvalue weighted by Gasteiger charge is -2.09. The van der Waals surface area contributed by atoms with Crippen LogP contribution in [0.2, 0.25) is 0 Å². The van der Waals surface area contributed by atoms with Crippen molar-refractivity contribution in [2.75, 3.05) is 5.73 Å². The van der Waals surface area contributed by atoms with Gasteiger partial charge in [-0.05, 0) is 42.2 Å². The molecule has 94 valence electrons. The normalized spacial score (nSPS) is 10.7. The SMILES string of the molecule is Cc1cnc(Oc2ccc(C(C)C)cc2)c(N)c1. The first-order valence-corrected chi connectivity index (χ1v) is 6.06. The summed E-state index contributed by atoms with van der Waals surface area (Å²) in [4.78, 5) is 4.18. The Labute approximate surface area is 108 Å². The molecule has 18 heavy (non-hydrogen) atoms. The Morgan fingerprint density at radius 3 is 2.39 bits per heavy atom. The minimum atomic E-state index is 0.456. The Kier molecular flexibility index (Phi) is 3.51. The quantitative estimate of drug-likeness (QED) is 0.888. The number of rotatable bonds is 3. The number of aryl methyl sites for hydroxylation is 1. The average Bonchev–Trinajstić information content (AvgIpc) is 2.33. The number of nitrogen functional groups attached to an aromatic ring is 1. The maximum absolute atomic E-state index is 5.86. The van der Waals surface area contributed by atoms with Crippen molar-refractivity contribution in [3.8, 4) is 11.6 Å². The highest BCUT2D eigenvalue weighted by molar-refractivity contribution is 5.50. The van der Waals surface area contributed by atoms with Gasteiger partial charge in [-0.15, -0.1) is 0 Å². The lowest BCUT2D eigenvalue weighted by molar-refractivity contribution is 0.465. The minimum Gasteiger partial charge on any atom is -0.437 e. The molecule has 0 aliphatic heterocycles. The fourth-order valence-corrected chi connectivity index (χ4v) is 1.70. The Balaban J connectivity index is 2.18. The molecule has 0 amide bonds. The molecule has 1 aromatic carbocycles. The highest BCUT2D eigenvalue weighted by Crippen LogP contribution is 2.26. The van der Waals surface area contributed by atoms with E-state index in [-0.39, 0.29) is 0 Å². The van der Waals surface area contributed by atoms with E-state index in [0.29, 0.717) is 17.5 Å². The van der Waals surface area contributed by atoms with Gasteiger partial charge in [0.15, 0.2) is 0 Å². The van der Waals surface area contributed by atoms with E-state index in [2.05, 4.69) is 31.0 Å². The zero-order chi connectivity index (χ0) is 13.1. The van der Waals surface area contributed by atoms with E-state index in [9.17, 15) is 0 Å². The number of anilines is 1. The number of ether oxygens (including phenoxy) is 1. The average molecular weight is 242 g/mol. The zero-order valence-corrected chi connectivity index (χ0v) is 11.0. The zero-order valence-electron chi connectivity index (χ0n) is 11.0. The molecule has 0 unspecified atom stereocenters. The smallest absolute Gasteiger partial charge is 0.242 e. The fraction of sp³-hybridized carbons (Fsp3) is 0.267. The molecule has 0 atom stereocenters. The van der Waals surface area contributed by atoms with Gasteiger partial charge >= 0.3 is 0 Å². The monoisotopic (exact) mass is 242 g/mol. The van der Waals surface area contributed by atoms with E-state index in [0.717, 1.165) is 11.3 Å². The van der Waals surface area contributed by atoms with Gasteiger partial charge in [-0.2, -0.15) is 0 Å². The second kappa shape index (κ2) is 5.08. The number of nitrogens with two attached hydrogens (primary N) is 1. The van der Waals surface area contributed by atoms with Crippen molar-refractivity contribution >= 4 is 5.69 Å². The molecule has 1 heterocycles. The highest BCUT2D eigenvalue weighted by atomic mass is 16.5. The molecule has 0 saturated carbocycles. The molecular formula is C15H18N2O. The highest BCUT2D eigenvalue weighted by Gasteiger charge is 2.05. The van der Waals surface area contributed by atoms with Crippen LogP contribution in [0, 0.1) is 6.92 Å². The van der Waals surface area contributed by atoms with Crippen LogP contribution in [-0.2, 0) is 0 Å². The van der Waals surface area contributed by atoms with E-state index in [1.807, 2.05) is 25.1 Å². The van der Waals surface area contributed by atoms with Gasteiger partial charge in [0.2, 0.25) is 5.88 Å². The lowest BCUT2D eigenvalue weighted by atomic mass is 10.0. The van der Waals surface area contributed by atoms with Crippen LogP contribution in [0.25, 0.3) is 0 Å². The molecule has 0 fully saturated rings. The third-order valence-corrected chi connectivity index (χ3v) is 2.78. The van der Waals surface area contributed by atoms with E-state index in [4.69, 9.17) is 10.5 Å². The predicted molar refractivity (Wildman–Crippen MR) is 74.0 cm³/mol. The van der Waals surface area contributed by atoms with Crippen molar-refractivity contribution in [3.63, 3.8) is 0 Å². The van der Waals surface area contributed by atoms with Crippen LogP contribution in [0.15, 0.2) is 36.5 Å². The molecule has 0 radical (unpaired) electrons. The third-order valence-electron chi connectivity index (χ3n) is 2.78. The van der Waals surface area contributed by atoms with E-state index in [1.54, 1.807) is 6.20 Å². The standard InChI is InChI=1S/C15H18N2O/c1-10(2)12-4-6-13(7-5-12)18-15-14(16)8-11(3)9-17-15/h4-10H,16H2,1-3H3. The fourth-order valence-electron chi connectivity index (χ4n) is 1.70. The summed E-state index contributed by atoms with van der Waals surface area (Å²) in [7, 11) is 0. The lowest BCUT2D eigenvalue weighted by Crippen LogP contribution is -1.96. The number of pyridine rings is 1. The molecule has 3 heteroatoms. The molecule has 0 aliphatic carbocycles. The Morgan fingerprint density at radius 1 is 1.17 bits per heavy atom. The summed E-state index contributed by atoms with van der Waals surface area (Å²) >= 11 is 0. The van der Waals surface area contributed by atoms with Gasteiger partial charge in [0, 0.05) is 6.20 Å². The largest absolute Gasteiger partial charge is 0.437 e. The van der Waals surface area contributed by atoms with Crippen molar-refractivity contribution in [2.45, 2.75) is 26.7 Å². The summed E-state index contributed by atoms with van der Waals surface area (Å²) < 4.78 is 5.66. The molecule has 2 rings (SSSR count). The number of nitrogens with zero attached hydrogens (tertiary/aromatic N) is 1. The van der Waals surface area contributed by atoms with Gasteiger partial charge in [0.1, 0.15) is 5.75 Å². The van der Waals surface area contributed by atoms with Crippen molar-refractivity contribution in [3.05, 3.63) is 47.7 Å². The van der Waals surface area contributed by atoms with Crippen LogP contribution in [0.1, 0.15) is 30.9 Å². The van der Waals surface area contributed by atoms with E-state index >= 15 is 0 Å². The maximum atomic E-state index is 5.86. The van der Waals surface area contributed by atoms with Crippen molar-refractivity contribution in [1.29, 1.82) is 0 Å². The summed E-state index contributed by atoms with van der Waals surface area (Å²) in [5, 5.41) is 0. The molecule has 2 aromatic rings. The van der Waals surface area contributed by atoms with Crippen molar-refractivity contribution in [2.24, 2.45) is 0 Å². The second-order valence-electron chi connectivity index (χ2n) is 4.73. The topological polar surface area (TPSA) is 48.1 Å². The summed E-state index contributed by atoms with van der Waals surface area (Å²) in [6.45, 7) is 6.27. The number of benzene rings is 1. The summed E-state index contributed by atoms with van der Waals surface area (Å²) in [5.74, 6) is 1.72. The van der Waals surface area contributed by atoms with Crippen LogP contribution >= 0.6 is 0 Å². The van der Waals surface area contributed by atoms with Crippen molar-refractivity contribution in [1.82, 2.24) is 4.98 Å². The molecule has 0 aliphatic rings. The molecule has 0 bridgehead atoms. The summed E-state index contributed by atoms with van der Waals surface area (Å²) in [6, 6.07) is 9.85. The van der Waals surface area contributed by atoms with Gasteiger partial charge < -0.3 is 10.5 Å². The van der Waals surface area contributed by atoms with Crippen LogP contribution in [0.5, 0.6) is 11.6 Å². The third kappa shape index (κ3) is 2.80. The van der Waals surface area contributed by atoms with Gasteiger partial charge in [-0.1, -0.05) is 26.0 Å². The van der Waals surface area contributed by atoms with E-state index < -0.39 is 0 Å². The van der Waals surface area contributed by atoms with Crippen molar-refractivity contribution < 1.29 is 4.74 Å². The molecule has 2 N–H and O–H groups in total. The first kappa shape index (κ1) is 12.4. The maximum Gasteiger partial charge on any atom is 0.242 e. The summed E-state index contributed by atoms with van der Waals surface area (Å²) in [5.41, 5.74) is 8.73. The van der Waals surface area contributed by atoms with Crippen LogP contribution in [0.4, 0.5) is 5.69 Å². The van der Waals surface area contributed by atoms with Gasteiger partial charge in [0.25, 0.3) is 0 Å². The Bertz CT molecular complexity index is 533. The van der Waals surface area contributed by atoms with Gasteiger partial charge in [-0.3, -0.25) is 0 Å². The number of hydrogen-bond acceptors (Lipinski definition) is 3. The number of hydrogen-bond donors (Lipinski definition) is 1. The molecule has 0 spiro atoms. The second-order valence-corrected chi connectivity index (χ2v) is 4.73. The van der Waals surface area contributed by atoms with Crippen LogP contribution in [-0.4, -0.2) is 4.98 Å². The first-order valence-electron chi connectivity index (χ1n) is 6.06. The Morgan fingerprint density at radius 2 is 1.83 bits per heavy atom. The molecular weight excluding hydrogens is 224 g/mol. The predicted octanol–water partition coefficient (Wildman–Crippen LogP) is 3.89. The summed E-state index contributed by atoms with van der Waals surface area (Å²) in [6.07, 6.45) is 1.74. The van der Waals surface area contributed by atoms with Crippen LogP contribution < -0.4 is 10.5 Å². The molecule has 1 aromatic heterocycles. The number of aromatic nitrogens is 1. The molecule has 0 saturated heterocycles. The van der Waals surface area contributed by atoms with Gasteiger partial charge in [-0.25, -0.2) is 4.98 Å². The van der Waals surface area contributed by atoms with E-state index in [1.165, 1.54) is 5.56 Å². The first-order chi connectivity index (χ1) is 8.56. The molecule has 3 nitrogen and oxygen atoms in total.